The van der Waals surface area contributed by atoms with E-state index in [1.54, 1.807) is 23.1 Å². The van der Waals surface area contributed by atoms with Gasteiger partial charge in [0.25, 0.3) is 5.69 Å². The summed E-state index contributed by atoms with van der Waals surface area (Å²) >= 11 is 6.20. The maximum absolute atomic E-state index is 15.0. The number of hydrogen-bond acceptors (Lipinski definition) is 11. The minimum Gasteiger partial charge on any atom is -0.459 e. The predicted molar refractivity (Wildman–Crippen MR) is 278 cm³/mol. The molecule has 0 spiro atoms. The number of nitrogens with zero attached hydrogens (tertiary/aromatic N) is 3. The van der Waals surface area contributed by atoms with Crippen molar-refractivity contribution in [2.45, 2.75) is 75.8 Å². The normalized spacial score (nSPS) is 21.5. The van der Waals surface area contributed by atoms with Gasteiger partial charge in [-0.25, -0.2) is 4.79 Å². The maximum Gasteiger partial charge on any atom is 0.410 e. The summed E-state index contributed by atoms with van der Waals surface area (Å²) in [7, 11) is 0. The largest absolute Gasteiger partial charge is 0.459 e. The molecular weight excluding hydrogens is 934 g/mol. The van der Waals surface area contributed by atoms with Crippen molar-refractivity contribution in [3.05, 3.63) is 179 Å². The minimum atomic E-state index is -1.56. The molecule has 13 nitrogen and oxygen atoms in total. The third kappa shape index (κ3) is 10.7. The third-order valence-electron chi connectivity index (χ3n) is 14.3. The van der Waals surface area contributed by atoms with E-state index < -0.39 is 28.8 Å². The predicted octanol–water partition coefficient (Wildman–Crippen LogP) is 12.4. The Morgan fingerprint density at radius 1 is 0.875 bits per heavy atom. The van der Waals surface area contributed by atoms with E-state index in [0.29, 0.717) is 41.4 Å². The number of allylic oxidation sites excluding steroid dienone is 1. The second-order valence-electron chi connectivity index (χ2n) is 18.7. The number of fused-ring (bicyclic) bond motifs is 4. The molecule has 1 saturated carbocycles. The number of nitro benzene ring substituents is 1. The van der Waals surface area contributed by atoms with Crippen LogP contribution in [0.1, 0.15) is 67.6 Å². The van der Waals surface area contributed by atoms with Crippen molar-refractivity contribution in [1.29, 1.82) is 0 Å². The van der Waals surface area contributed by atoms with E-state index in [1.165, 1.54) is 12.1 Å². The molecule has 2 N–H and O–H groups in total. The first-order valence-corrected chi connectivity index (χ1v) is 25.3. The Hall–Kier alpha value is -6.77. The van der Waals surface area contributed by atoms with Crippen LogP contribution < -0.4 is 9.47 Å². The van der Waals surface area contributed by atoms with Crippen molar-refractivity contribution >= 4 is 50.6 Å². The molecule has 0 radical (unpaired) electrons. The Kier molecular flexibility index (Phi) is 16.2. The summed E-state index contributed by atoms with van der Waals surface area (Å²) in [4.78, 5) is 33.9. The first-order valence-electron chi connectivity index (χ1n) is 24.8. The zero-order chi connectivity index (χ0) is 50.0. The first-order chi connectivity index (χ1) is 35.2. The van der Waals surface area contributed by atoms with Gasteiger partial charge in [-0.05, 0) is 118 Å². The van der Waals surface area contributed by atoms with E-state index >= 15 is 0 Å². The number of unbranched alkanes of at least 4 members (excludes halogenated alkanes) is 2. The number of carbonyl (C=O) groups excluding carboxylic acids is 1. The van der Waals surface area contributed by atoms with E-state index in [1.807, 2.05) is 84.9 Å². The number of alkyl halides is 1. The lowest BCUT2D eigenvalue weighted by atomic mass is 9.55. The number of ether oxygens (including phenoxy) is 4. The van der Waals surface area contributed by atoms with Crippen molar-refractivity contribution in [2.24, 2.45) is 22.9 Å². The molecule has 14 heteroatoms. The zero-order valence-corrected chi connectivity index (χ0v) is 40.9. The lowest BCUT2D eigenvalue weighted by Gasteiger charge is -2.59. The van der Waals surface area contributed by atoms with Crippen LogP contribution in [-0.2, 0) is 27.5 Å². The van der Waals surface area contributed by atoms with Gasteiger partial charge in [-0.3, -0.25) is 15.0 Å². The van der Waals surface area contributed by atoms with Crippen LogP contribution in [0.2, 0.25) is 0 Å². The van der Waals surface area contributed by atoms with Gasteiger partial charge in [-0.15, -0.1) is 18.2 Å². The molecule has 1 amide bonds. The van der Waals surface area contributed by atoms with Gasteiger partial charge in [0.15, 0.2) is 0 Å². The highest BCUT2D eigenvalue weighted by atomic mass is 35.5. The number of halogens is 1. The fraction of sp³-hybridized carbons (Fsp3) is 0.345. The fourth-order valence-corrected chi connectivity index (χ4v) is 11.2. The van der Waals surface area contributed by atoms with E-state index in [-0.39, 0.29) is 75.3 Å². The number of oxime groups is 1. The van der Waals surface area contributed by atoms with E-state index in [2.05, 4.69) is 30.9 Å². The molecule has 0 saturated heterocycles. The van der Waals surface area contributed by atoms with Gasteiger partial charge in [-0.1, -0.05) is 103 Å². The molecule has 0 aromatic heterocycles. The Bertz CT molecular complexity index is 2940. The van der Waals surface area contributed by atoms with E-state index in [9.17, 15) is 25.1 Å². The van der Waals surface area contributed by atoms with Gasteiger partial charge in [0.2, 0.25) is 5.79 Å². The van der Waals surface area contributed by atoms with Gasteiger partial charge in [0.1, 0.15) is 36.5 Å². The van der Waals surface area contributed by atoms with Crippen molar-refractivity contribution in [3.63, 3.8) is 0 Å². The van der Waals surface area contributed by atoms with Gasteiger partial charge in [0, 0.05) is 43.2 Å². The molecule has 1 heterocycles. The summed E-state index contributed by atoms with van der Waals surface area (Å²) in [5, 5.41) is 40.7. The smallest absolute Gasteiger partial charge is 0.410 e. The zero-order valence-electron chi connectivity index (χ0n) is 40.2. The lowest BCUT2D eigenvalue weighted by molar-refractivity contribution is -0.384. The molecule has 6 unspecified atom stereocenters. The average molecular weight is 995 g/mol. The Morgan fingerprint density at radius 3 is 2.36 bits per heavy atom. The number of amides is 1. The Labute approximate surface area is 424 Å². The van der Waals surface area contributed by atoms with Gasteiger partial charge < -0.3 is 34.0 Å². The number of benzene rings is 6. The van der Waals surface area contributed by atoms with Crippen LogP contribution in [0.15, 0.2) is 157 Å². The Morgan fingerprint density at radius 2 is 1.60 bits per heavy atom. The summed E-state index contributed by atoms with van der Waals surface area (Å²) in [6.07, 6.45) is 7.72. The standard InChI is InChI=1S/C58H60ClN3O10/c1-2-31-69-58-54(61(57(65)68-32-28-59)37-44-17-11-16-41-13-5-6-18-48(41)44)36-52(60-70-38-39-20-23-45(24-21-39)62(66)67)50-34-43(15-7-9-29-63)49(19-8-10-30-64)55(56(50)58)51-35-47(26-27-53(51)72-58)71-46-25-22-40-12-3-4-14-42(40)33-46/h2-6,11-14,16-18,20-27,33-35,43,49,54-56,63-64H,1,7-10,15,19,28-32,36-38H2. The van der Waals surface area contributed by atoms with Crippen molar-refractivity contribution < 1.29 is 43.7 Å². The summed E-state index contributed by atoms with van der Waals surface area (Å²) < 4.78 is 27.4. The van der Waals surface area contributed by atoms with Crippen molar-refractivity contribution in [3.8, 4) is 17.2 Å². The summed E-state index contributed by atoms with van der Waals surface area (Å²) in [6, 6.07) is 39.3. The highest BCUT2D eigenvalue weighted by molar-refractivity contribution is 6.18. The molecule has 1 fully saturated rings. The number of hydrogen-bond donors (Lipinski definition) is 2. The molecule has 3 aliphatic rings. The molecule has 72 heavy (non-hydrogen) atoms. The number of non-ortho nitro benzene ring substituents is 1. The summed E-state index contributed by atoms with van der Waals surface area (Å²) in [5.41, 5.74) is 3.85. The lowest BCUT2D eigenvalue weighted by Crippen LogP contribution is -2.70. The number of aliphatic hydroxyl groups is 2. The number of nitro groups is 1. The van der Waals surface area contributed by atoms with E-state index in [0.717, 1.165) is 63.9 Å². The van der Waals surface area contributed by atoms with Gasteiger partial charge >= 0.3 is 6.09 Å². The quantitative estimate of drug-likeness (QED) is 0.0220. The highest BCUT2D eigenvalue weighted by Crippen LogP contribution is 2.62. The second-order valence-corrected chi connectivity index (χ2v) is 19.0. The average Bonchev–Trinajstić information content (AvgIpc) is 3.40. The molecule has 6 aromatic rings. The highest BCUT2D eigenvalue weighted by Gasteiger charge is 2.65. The van der Waals surface area contributed by atoms with Crippen molar-refractivity contribution in [2.75, 3.05) is 32.3 Å². The molecule has 1 aliphatic heterocycles. The Balaban J connectivity index is 1.24. The molecule has 374 valence electrons. The number of rotatable bonds is 22. The van der Waals surface area contributed by atoms with Crippen LogP contribution in [0, 0.1) is 27.9 Å². The minimum absolute atomic E-state index is 0.0155. The summed E-state index contributed by atoms with van der Waals surface area (Å²) in [5.74, 6) is -0.596. The maximum atomic E-state index is 15.0. The SMILES string of the molecule is C=CCOC12Oc3ccc(Oc4ccc5ccccc5c4)cc3C3C(CCCCO)C(CCCCO)C=C(C(=NOCc4ccc([N+](=O)[O-])cc4)CC1N(Cc1cccc4ccccc14)C(=O)OCCCl)C32. The first kappa shape index (κ1) is 50.2. The molecule has 6 atom stereocenters. The van der Waals surface area contributed by atoms with Crippen LogP contribution in [-0.4, -0.2) is 76.0 Å². The molecule has 9 rings (SSSR count). The third-order valence-corrected chi connectivity index (χ3v) is 14.4. The molecule has 0 bridgehead atoms. The molecule has 2 aliphatic carbocycles. The van der Waals surface area contributed by atoms with Crippen molar-refractivity contribution in [1.82, 2.24) is 4.90 Å². The van der Waals surface area contributed by atoms with Crippen LogP contribution in [0.25, 0.3) is 21.5 Å². The van der Waals surface area contributed by atoms with Crippen LogP contribution in [0.3, 0.4) is 0 Å². The monoisotopic (exact) mass is 993 g/mol. The van der Waals surface area contributed by atoms with E-state index in [4.69, 9.17) is 40.5 Å². The topological polar surface area (TPSA) is 162 Å². The number of aliphatic hydroxyl groups excluding tert-OH is 2. The van der Waals surface area contributed by atoms with Crippen LogP contribution in [0.4, 0.5) is 10.5 Å². The fourth-order valence-electron chi connectivity index (χ4n) is 11.1. The number of carbonyl (C=O) groups is 1. The summed E-state index contributed by atoms with van der Waals surface area (Å²) in [6.45, 7) is 4.34. The van der Waals surface area contributed by atoms with Crippen LogP contribution in [0.5, 0.6) is 17.2 Å². The van der Waals surface area contributed by atoms with Crippen LogP contribution >= 0.6 is 11.6 Å². The molecular formula is C58H60ClN3O10. The van der Waals surface area contributed by atoms with Gasteiger partial charge in [0.05, 0.1) is 35.6 Å². The second kappa shape index (κ2) is 23.2. The molecule has 6 aromatic carbocycles. The van der Waals surface area contributed by atoms with Gasteiger partial charge in [-0.2, -0.15) is 0 Å².